The fourth-order valence-corrected chi connectivity index (χ4v) is 1.81. The molecule has 0 saturated carbocycles. The van der Waals surface area contributed by atoms with E-state index in [1.165, 1.54) is 6.08 Å². The van der Waals surface area contributed by atoms with E-state index < -0.39 is 25.0 Å². The molecule has 1 amide bonds. The maximum absolute atomic E-state index is 12.7. The number of hydrogen-bond acceptors (Lipinski definition) is 3. The minimum Gasteiger partial charge on any atom is -0.493 e. The van der Waals surface area contributed by atoms with E-state index in [-0.39, 0.29) is 0 Å². The van der Waals surface area contributed by atoms with E-state index in [9.17, 15) is 13.6 Å². The fraction of sp³-hybridized carbons (Fsp3) is 0.357. The summed E-state index contributed by atoms with van der Waals surface area (Å²) in [5, 5.41) is 10.4. The van der Waals surface area contributed by atoms with Crippen LogP contribution in [0.4, 0.5) is 8.78 Å². The number of carbonyl (C=O) groups excluding carboxylic acids is 1. The first-order valence-electron chi connectivity index (χ1n) is 6.20. The van der Waals surface area contributed by atoms with Crippen LogP contribution in [-0.4, -0.2) is 36.7 Å². The van der Waals surface area contributed by atoms with E-state index in [0.29, 0.717) is 6.61 Å². The number of nitrogens with one attached hydrogen (secondary N) is 1. The number of amides is 1. The van der Waals surface area contributed by atoms with E-state index >= 15 is 0 Å². The van der Waals surface area contributed by atoms with Gasteiger partial charge in [0.25, 0.3) is 5.92 Å². The lowest BCUT2D eigenvalue weighted by atomic mass is 10.1. The number of hydrogen-bond donors (Lipinski definition) is 2. The van der Waals surface area contributed by atoms with Crippen LogP contribution in [0.25, 0.3) is 6.08 Å². The van der Waals surface area contributed by atoms with Crippen molar-refractivity contribution in [3.8, 4) is 5.75 Å². The minimum absolute atomic E-state index is 0.630. The third-order valence-corrected chi connectivity index (χ3v) is 2.89. The van der Waals surface area contributed by atoms with Gasteiger partial charge in [-0.25, -0.2) is 8.78 Å². The van der Waals surface area contributed by atoms with Crippen LogP contribution >= 0.6 is 0 Å². The first-order valence-corrected chi connectivity index (χ1v) is 6.20. The van der Waals surface area contributed by atoms with Gasteiger partial charge >= 0.3 is 0 Å². The van der Waals surface area contributed by atoms with Gasteiger partial charge in [0.15, 0.2) is 0 Å². The second-order valence-corrected chi connectivity index (χ2v) is 4.53. The van der Waals surface area contributed by atoms with Crippen LogP contribution in [0.1, 0.15) is 11.1 Å². The van der Waals surface area contributed by atoms with Crippen molar-refractivity contribution < 1.29 is 23.4 Å². The maximum Gasteiger partial charge on any atom is 0.287 e. The van der Waals surface area contributed by atoms with Crippen molar-refractivity contribution in [2.75, 3.05) is 19.8 Å². The zero-order valence-corrected chi connectivity index (χ0v) is 10.7. The lowest BCUT2D eigenvalue weighted by Gasteiger charge is -2.12. The Bertz CT molecular complexity index is 529. The van der Waals surface area contributed by atoms with Crippen LogP contribution in [0.15, 0.2) is 24.3 Å². The van der Waals surface area contributed by atoms with Gasteiger partial charge in [-0.05, 0) is 29.3 Å². The Labute approximate surface area is 115 Å². The average Bonchev–Trinajstić information content (AvgIpc) is 2.90. The molecule has 0 aromatic heterocycles. The molecule has 6 heteroatoms. The third-order valence-electron chi connectivity index (χ3n) is 2.89. The van der Waals surface area contributed by atoms with Crippen molar-refractivity contribution >= 4 is 12.0 Å². The standard InChI is InChI=1S/C14H15F2NO3/c15-14(16,9-18)8-17-13(19)4-2-10-1-3-12-11(7-10)5-6-20-12/h1-4,7,18H,5-6,8-9H2,(H,17,19)/b4-2+. The molecule has 1 aliphatic rings. The summed E-state index contributed by atoms with van der Waals surface area (Å²) in [5.41, 5.74) is 1.87. The van der Waals surface area contributed by atoms with Crippen molar-refractivity contribution in [3.05, 3.63) is 35.4 Å². The second-order valence-electron chi connectivity index (χ2n) is 4.53. The molecule has 20 heavy (non-hydrogen) atoms. The normalized spacial score (nSPS) is 14.2. The highest BCUT2D eigenvalue weighted by Crippen LogP contribution is 2.26. The van der Waals surface area contributed by atoms with E-state index in [0.717, 1.165) is 23.3 Å². The third kappa shape index (κ3) is 3.77. The summed E-state index contributed by atoms with van der Waals surface area (Å²) in [4.78, 5) is 11.4. The topological polar surface area (TPSA) is 58.6 Å². The molecular weight excluding hydrogens is 268 g/mol. The van der Waals surface area contributed by atoms with Crippen molar-refractivity contribution in [1.29, 1.82) is 0 Å². The van der Waals surface area contributed by atoms with Crippen LogP contribution in [0.3, 0.4) is 0 Å². The second kappa shape index (κ2) is 6.00. The predicted octanol–water partition coefficient (Wildman–Crippen LogP) is 1.38. The van der Waals surface area contributed by atoms with Crippen LogP contribution < -0.4 is 10.1 Å². The quantitative estimate of drug-likeness (QED) is 0.803. The van der Waals surface area contributed by atoms with E-state index in [1.54, 1.807) is 12.1 Å². The van der Waals surface area contributed by atoms with E-state index in [1.807, 2.05) is 17.4 Å². The molecule has 0 unspecified atom stereocenters. The smallest absolute Gasteiger partial charge is 0.287 e. The average molecular weight is 283 g/mol. The molecule has 0 fully saturated rings. The summed E-state index contributed by atoms with van der Waals surface area (Å²) >= 11 is 0. The first kappa shape index (κ1) is 14.5. The first-order chi connectivity index (χ1) is 9.50. The molecule has 1 heterocycles. The van der Waals surface area contributed by atoms with Gasteiger partial charge < -0.3 is 15.2 Å². The van der Waals surface area contributed by atoms with Gasteiger partial charge in [0.05, 0.1) is 13.2 Å². The van der Waals surface area contributed by atoms with Crippen LogP contribution in [0.2, 0.25) is 0 Å². The van der Waals surface area contributed by atoms with Crippen LogP contribution in [-0.2, 0) is 11.2 Å². The Hall–Kier alpha value is -1.95. The molecule has 2 N–H and O–H groups in total. The lowest BCUT2D eigenvalue weighted by Crippen LogP contribution is -2.38. The van der Waals surface area contributed by atoms with Crippen LogP contribution in [0.5, 0.6) is 5.75 Å². The molecular formula is C14H15F2NO3. The Kier molecular flexibility index (Phi) is 4.34. The number of ether oxygens (including phenoxy) is 1. The summed E-state index contributed by atoms with van der Waals surface area (Å²) in [6, 6.07) is 5.50. The van der Waals surface area contributed by atoms with Gasteiger partial charge in [0, 0.05) is 12.5 Å². The molecule has 0 atom stereocenters. The number of carbonyl (C=O) groups is 1. The monoisotopic (exact) mass is 283 g/mol. The van der Waals surface area contributed by atoms with Crippen molar-refractivity contribution in [2.24, 2.45) is 0 Å². The molecule has 4 nitrogen and oxygen atoms in total. The number of fused-ring (bicyclic) bond motifs is 1. The Morgan fingerprint density at radius 1 is 1.50 bits per heavy atom. The maximum atomic E-state index is 12.7. The zero-order chi connectivity index (χ0) is 14.6. The Morgan fingerprint density at radius 2 is 2.30 bits per heavy atom. The molecule has 0 bridgehead atoms. The number of benzene rings is 1. The largest absolute Gasteiger partial charge is 0.493 e. The van der Waals surface area contributed by atoms with E-state index in [2.05, 4.69) is 0 Å². The summed E-state index contributed by atoms with van der Waals surface area (Å²) < 4.78 is 30.8. The van der Waals surface area contributed by atoms with Crippen molar-refractivity contribution in [3.63, 3.8) is 0 Å². The summed E-state index contributed by atoms with van der Waals surface area (Å²) in [5.74, 6) is -3.09. The molecule has 2 rings (SSSR count). The number of aliphatic hydroxyl groups is 1. The van der Waals surface area contributed by atoms with E-state index in [4.69, 9.17) is 9.84 Å². The molecule has 108 valence electrons. The van der Waals surface area contributed by atoms with Crippen molar-refractivity contribution in [2.45, 2.75) is 12.3 Å². The highest BCUT2D eigenvalue weighted by molar-refractivity contribution is 5.91. The molecule has 1 aliphatic heterocycles. The number of halogens is 2. The van der Waals surface area contributed by atoms with Crippen LogP contribution in [0, 0.1) is 0 Å². The van der Waals surface area contributed by atoms with Gasteiger partial charge in [-0.2, -0.15) is 0 Å². The highest BCUT2D eigenvalue weighted by atomic mass is 19.3. The van der Waals surface area contributed by atoms with Gasteiger partial charge in [0.2, 0.25) is 5.91 Å². The zero-order valence-electron chi connectivity index (χ0n) is 10.7. The Balaban J connectivity index is 1.91. The molecule has 0 radical (unpaired) electrons. The number of rotatable bonds is 5. The number of aliphatic hydroxyl groups excluding tert-OH is 1. The Morgan fingerprint density at radius 3 is 3.05 bits per heavy atom. The molecule has 1 aromatic rings. The van der Waals surface area contributed by atoms with Gasteiger partial charge in [0.1, 0.15) is 12.4 Å². The summed E-state index contributed by atoms with van der Waals surface area (Å²) in [7, 11) is 0. The minimum atomic E-state index is -3.30. The van der Waals surface area contributed by atoms with Crippen molar-refractivity contribution in [1.82, 2.24) is 5.32 Å². The van der Waals surface area contributed by atoms with Gasteiger partial charge in [-0.3, -0.25) is 4.79 Å². The predicted molar refractivity (Wildman–Crippen MR) is 69.7 cm³/mol. The molecule has 0 aliphatic carbocycles. The fourth-order valence-electron chi connectivity index (χ4n) is 1.81. The molecule has 0 saturated heterocycles. The summed E-state index contributed by atoms with van der Waals surface area (Å²) in [6.07, 6.45) is 3.56. The SMILES string of the molecule is O=C(/C=C/c1ccc2c(c1)CCO2)NCC(F)(F)CO. The van der Waals surface area contributed by atoms with Gasteiger partial charge in [-0.15, -0.1) is 0 Å². The lowest BCUT2D eigenvalue weighted by molar-refractivity contribution is -0.119. The highest BCUT2D eigenvalue weighted by Gasteiger charge is 2.27. The molecule has 0 spiro atoms. The number of alkyl halides is 2. The molecule has 1 aromatic carbocycles. The van der Waals surface area contributed by atoms with Gasteiger partial charge in [-0.1, -0.05) is 6.07 Å². The summed E-state index contributed by atoms with van der Waals surface area (Å²) in [6.45, 7) is -1.52.